The Morgan fingerprint density at radius 2 is 1.14 bits per heavy atom. The van der Waals surface area contributed by atoms with Gasteiger partial charge in [-0.25, -0.2) is 0 Å². The quantitative estimate of drug-likeness (QED) is 0.466. The number of hydrogen-bond acceptors (Lipinski definition) is 2. The van der Waals surface area contributed by atoms with Crippen molar-refractivity contribution in [2.75, 3.05) is 0 Å². The fraction of sp³-hybridized carbons (Fsp3) is 0. The van der Waals surface area contributed by atoms with Gasteiger partial charge in [-0.15, -0.1) is 0 Å². The van der Waals surface area contributed by atoms with Crippen LogP contribution in [-0.2, 0) is 0 Å². The van der Waals surface area contributed by atoms with Crippen LogP contribution in [0.5, 0.6) is 0 Å². The molecule has 0 aromatic heterocycles. The summed E-state index contributed by atoms with van der Waals surface area (Å²) in [4.78, 5) is 0. The molecule has 0 spiro atoms. The van der Waals surface area contributed by atoms with E-state index in [0.29, 0.717) is 0 Å². The van der Waals surface area contributed by atoms with E-state index in [1.807, 2.05) is 0 Å². The van der Waals surface area contributed by atoms with Gasteiger partial charge >= 0.3 is 63.9 Å². The van der Waals surface area contributed by atoms with E-state index in [1.165, 1.54) is 0 Å². The molecule has 7 heavy (non-hydrogen) atoms. The maximum atomic E-state index is 3.22. The van der Waals surface area contributed by atoms with E-state index in [4.69, 9.17) is 0 Å². The minimum absolute atomic E-state index is 0.290. The summed E-state index contributed by atoms with van der Waals surface area (Å²) in [5.41, 5.74) is 0. The van der Waals surface area contributed by atoms with Crippen molar-refractivity contribution >= 4 is 57.5 Å². The zero-order valence-corrected chi connectivity index (χ0v) is 9.49. The van der Waals surface area contributed by atoms with Crippen molar-refractivity contribution in [1.82, 2.24) is 6.38 Å². The van der Waals surface area contributed by atoms with Crippen molar-refractivity contribution in [3.05, 3.63) is 0 Å². The summed E-state index contributed by atoms with van der Waals surface area (Å²) >= 11 is -0.290. The second-order valence-corrected chi connectivity index (χ2v) is 9.50. The van der Waals surface area contributed by atoms with Gasteiger partial charge in [0, 0.05) is 0 Å². The summed E-state index contributed by atoms with van der Waals surface area (Å²) in [5.74, 6) is 0. The SMILES string of the molecule is [Si][N]([Si])[Ge][N]([Si])[Si]. The Bertz CT molecular complexity index is 39.0. The summed E-state index contributed by atoms with van der Waals surface area (Å²) in [6.07, 6.45) is 0. The summed E-state index contributed by atoms with van der Waals surface area (Å²) in [6.45, 7) is 0. The Labute approximate surface area is 63.9 Å². The van der Waals surface area contributed by atoms with Crippen molar-refractivity contribution in [1.29, 1.82) is 0 Å². The third-order valence-corrected chi connectivity index (χ3v) is 3.12. The first-order chi connectivity index (χ1) is 3.13. The molecule has 0 aromatic carbocycles. The van der Waals surface area contributed by atoms with Crippen molar-refractivity contribution in [2.45, 2.75) is 0 Å². The monoisotopic (exact) mass is 214 g/mol. The summed E-state index contributed by atoms with van der Waals surface area (Å²) in [5, 5.41) is 0. The van der Waals surface area contributed by atoms with Gasteiger partial charge in [0.25, 0.3) is 0 Å². The van der Waals surface area contributed by atoms with Gasteiger partial charge in [0.1, 0.15) is 0 Å². The molecule has 0 saturated carbocycles. The maximum absolute atomic E-state index is 3.22. The molecule has 0 amide bonds. The van der Waals surface area contributed by atoms with Gasteiger partial charge in [-0.05, 0) is 0 Å². The van der Waals surface area contributed by atoms with Gasteiger partial charge in [-0.1, -0.05) is 0 Å². The second-order valence-electron chi connectivity index (χ2n) is 0.771. The molecule has 0 N–H and O–H groups in total. The summed E-state index contributed by atoms with van der Waals surface area (Å²) in [7, 11) is 12.9. The molecule has 7 heteroatoms. The first-order valence-electron chi connectivity index (χ1n) is 1.34. The predicted octanol–water partition coefficient (Wildman–Crippen LogP) is -2.54. The normalized spacial score (nSPS) is 11.1. The molecule has 0 bridgehead atoms. The van der Waals surface area contributed by atoms with Crippen LogP contribution in [0, 0.1) is 0 Å². The molecule has 0 rings (SSSR count). The van der Waals surface area contributed by atoms with Gasteiger partial charge in [-0.3, -0.25) is 0 Å². The first kappa shape index (κ1) is 8.33. The number of hydrogen-bond donors (Lipinski definition) is 0. The van der Waals surface area contributed by atoms with Crippen molar-refractivity contribution in [3.63, 3.8) is 0 Å². The number of nitrogens with zero attached hydrogens (tertiary/aromatic N) is 2. The molecule has 0 aliphatic carbocycles. The Kier molecular flexibility index (Phi) is 5.04. The van der Waals surface area contributed by atoms with E-state index in [2.05, 4.69) is 41.6 Å². The Morgan fingerprint density at radius 1 is 0.857 bits per heavy atom. The molecule has 0 aliphatic heterocycles. The molecule has 0 unspecified atom stereocenters. The molecule has 0 aliphatic rings. The van der Waals surface area contributed by atoms with E-state index >= 15 is 0 Å². The van der Waals surface area contributed by atoms with Gasteiger partial charge in [0.15, 0.2) is 0 Å². The van der Waals surface area contributed by atoms with Crippen LogP contribution in [0.2, 0.25) is 0 Å². The Hall–Kier alpha value is 1.33. The predicted molar refractivity (Wildman–Crippen MR) is 32.4 cm³/mol. The molecule has 2 nitrogen and oxygen atoms in total. The first-order valence-corrected chi connectivity index (χ1v) is 5.01. The number of rotatable bonds is 2. The van der Waals surface area contributed by atoms with E-state index in [0.717, 1.165) is 0 Å². The molecule has 14 radical (unpaired) electrons. The molecule has 30 valence electrons. The fourth-order valence-corrected chi connectivity index (χ4v) is 4.68. The van der Waals surface area contributed by atoms with E-state index in [1.54, 1.807) is 6.38 Å². The third kappa shape index (κ3) is 7.33. The van der Waals surface area contributed by atoms with Crippen LogP contribution in [0.15, 0.2) is 0 Å². The second kappa shape index (κ2) is 4.23. The van der Waals surface area contributed by atoms with Gasteiger partial charge < -0.3 is 0 Å². The average molecular weight is 213 g/mol. The van der Waals surface area contributed by atoms with Gasteiger partial charge in [0.05, 0.1) is 0 Å². The molecular formula is GeN2Si4. The van der Waals surface area contributed by atoms with E-state index in [-0.39, 0.29) is 15.9 Å². The minimum atomic E-state index is -0.290. The van der Waals surface area contributed by atoms with Crippen LogP contribution in [0.1, 0.15) is 0 Å². The van der Waals surface area contributed by atoms with E-state index in [9.17, 15) is 0 Å². The topological polar surface area (TPSA) is 6.48 Å². The van der Waals surface area contributed by atoms with Crippen molar-refractivity contribution in [3.8, 4) is 0 Å². The zero-order chi connectivity index (χ0) is 5.86. The molecular weight excluding hydrogens is 213 g/mol. The third-order valence-electron chi connectivity index (χ3n) is 0.200. The molecule has 0 aromatic rings. The van der Waals surface area contributed by atoms with Crippen LogP contribution in [0.3, 0.4) is 0 Å². The van der Waals surface area contributed by atoms with Crippen LogP contribution in [0.4, 0.5) is 0 Å². The Morgan fingerprint density at radius 3 is 1.14 bits per heavy atom. The molecule has 0 atom stereocenters. The van der Waals surface area contributed by atoms with Crippen LogP contribution >= 0.6 is 0 Å². The van der Waals surface area contributed by atoms with Crippen LogP contribution in [0.25, 0.3) is 0 Å². The van der Waals surface area contributed by atoms with Gasteiger partial charge in [-0.2, -0.15) is 0 Å². The molecule has 0 fully saturated rings. The molecule has 0 heterocycles. The van der Waals surface area contributed by atoms with E-state index < -0.39 is 0 Å². The molecule has 0 saturated heterocycles. The van der Waals surface area contributed by atoms with Gasteiger partial charge in [0.2, 0.25) is 0 Å². The van der Waals surface area contributed by atoms with Crippen molar-refractivity contribution < 1.29 is 0 Å². The van der Waals surface area contributed by atoms with Crippen LogP contribution in [-0.4, -0.2) is 63.9 Å². The fourth-order valence-electron chi connectivity index (χ4n) is 0.100. The Balaban J connectivity index is 2.95. The van der Waals surface area contributed by atoms with Crippen molar-refractivity contribution in [2.24, 2.45) is 0 Å². The van der Waals surface area contributed by atoms with Crippen LogP contribution < -0.4 is 0 Å². The zero-order valence-electron chi connectivity index (χ0n) is 3.39. The summed E-state index contributed by atoms with van der Waals surface area (Å²) < 4.78 is 3.53. The standard InChI is InChI=1S/GeN2Si4/c4-2(5)1-3(6)7. The average Bonchev–Trinajstić information content (AvgIpc) is 1.27. The summed E-state index contributed by atoms with van der Waals surface area (Å²) in [6, 6.07) is 0.